The largest absolute Gasteiger partial charge is 0.335 e. The average molecular weight is 255 g/mol. The van der Waals surface area contributed by atoms with E-state index in [0.29, 0.717) is 11.7 Å². The van der Waals surface area contributed by atoms with Crippen LogP contribution in [0.5, 0.6) is 0 Å². The Morgan fingerprint density at radius 3 is 2.68 bits per heavy atom. The van der Waals surface area contributed by atoms with Gasteiger partial charge >= 0.3 is 0 Å². The molecule has 1 aliphatic carbocycles. The van der Waals surface area contributed by atoms with Crippen molar-refractivity contribution in [3.8, 4) is 0 Å². The molecule has 0 saturated heterocycles. The molecule has 1 saturated carbocycles. The van der Waals surface area contributed by atoms with Gasteiger partial charge in [0.2, 0.25) is 0 Å². The Hall–Kier alpha value is -1.94. The molecule has 0 radical (unpaired) electrons. The van der Waals surface area contributed by atoms with Crippen molar-refractivity contribution < 1.29 is 4.52 Å². The molecule has 19 heavy (non-hydrogen) atoms. The Morgan fingerprint density at radius 1 is 1.32 bits per heavy atom. The third-order valence-electron chi connectivity index (χ3n) is 3.70. The highest BCUT2D eigenvalue weighted by Gasteiger charge is 2.38. The van der Waals surface area contributed by atoms with Crippen molar-refractivity contribution in [3.63, 3.8) is 0 Å². The second kappa shape index (κ2) is 4.63. The van der Waals surface area contributed by atoms with Crippen LogP contribution in [0, 0.1) is 0 Å². The monoisotopic (exact) mass is 255 g/mol. The number of nitrogens with zero attached hydrogens (tertiary/aromatic N) is 2. The average Bonchev–Trinajstić information content (AvgIpc) is 2.86. The highest BCUT2D eigenvalue weighted by Crippen LogP contribution is 2.37. The summed E-state index contributed by atoms with van der Waals surface area (Å²) in [5.41, 5.74) is 8.05. The minimum Gasteiger partial charge on any atom is -0.335 e. The van der Waals surface area contributed by atoms with Crippen molar-refractivity contribution in [2.75, 3.05) is 0 Å². The molecule has 0 spiro atoms. The third-order valence-corrected chi connectivity index (χ3v) is 3.70. The lowest BCUT2D eigenvalue weighted by molar-refractivity contribution is 0.229. The summed E-state index contributed by atoms with van der Waals surface area (Å²) >= 11 is 0. The van der Waals surface area contributed by atoms with Crippen LogP contribution in [0.25, 0.3) is 11.6 Å². The van der Waals surface area contributed by atoms with Gasteiger partial charge in [-0.25, -0.2) is 0 Å². The van der Waals surface area contributed by atoms with Gasteiger partial charge in [-0.05, 0) is 37.3 Å². The normalized spacial score (nSPS) is 18.1. The molecule has 3 rings (SSSR count). The molecule has 1 aromatic heterocycles. The first-order chi connectivity index (χ1) is 9.17. The minimum absolute atomic E-state index is 0.365. The molecular formula is C15H17N3O. The van der Waals surface area contributed by atoms with E-state index in [4.69, 9.17) is 10.3 Å². The molecule has 0 amide bonds. The zero-order chi connectivity index (χ0) is 13.3. The number of benzene rings is 1. The van der Waals surface area contributed by atoms with Gasteiger partial charge in [0.15, 0.2) is 5.82 Å². The van der Waals surface area contributed by atoms with Crippen LogP contribution in [0.4, 0.5) is 0 Å². The van der Waals surface area contributed by atoms with E-state index >= 15 is 0 Å². The van der Waals surface area contributed by atoms with Crippen molar-refractivity contribution in [2.24, 2.45) is 5.73 Å². The van der Waals surface area contributed by atoms with Gasteiger partial charge in [0.1, 0.15) is 0 Å². The maximum absolute atomic E-state index is 6.17. The van der Waals surface area contributed by atoms with Gasteiger partial charge < -0.3 is 10.3 Å². The van der Waals surface area contributed by atoms with Crippen LogP contribution in [0.3, 0.4) is 0 Å². The summed E-state index contributed by atoms with van der Waals surface area (Å²) in [6, 6.07) is 10.1. The number of aromatic nitrogens is 2. The van der Waals surface area contributed by atoms with Gasteiger partial charge in [-0.3, -0.25) is 0 Å². The van der Waals surface area contributed by atoms with E-state index in [1.165, 1.54) is 0 Å². The lowest BCUT2D eigenvalue weighted by atomic mass is 9.77. The van der Waals surface area contributed by atoms with Gasteiger partial charge in [-0.15, -0.1) is 0 Å². The fraction of sp³-hybridized carbons (Fsp3) is 0.333. The second-order valence-corrected chi connectivity index (χ2v) is 5.16. The van der Waals surface area contributed by atoms with Crippen LogP contribution in [0.1, 0.15) is 43.5 Å². The van der Waals surface area contributed by atoms with E-state index in [1.807, 2.05) is 31.2 Å². The van der Waals surface area contributed by atoms with Crippen LogP contribution in [0.2, 0.25) is 0 Å². The summed E-state index contributed by atoms with van der Waals surface area (Å²) in [6.45, 7) is 2.03. The lowest BCUT2D eigenvalue weighted by Crippen LogP contribution is -2.44. The van der Waals surface area contributed by atoms with E-state index in [9.17, 15) is 0 Å². The highest BCUT2D eigenvalue weighted by atomic mass is 16.5. The molecule has 1 aliphatic rings. The third kappa shape index (κ3) is 2.31. The van der Waals surface area contributed by atoms with Crippen LogP contribution < -0.4 is 5.73 Å². The summed E-state index contributed by atoms with van der Waals surface area (Å²) in [5, 5.41) is 4.00. The number of rotatable bonds is 3. The van der Waals surface area contributed by atoms with Crippen LogP contribution in [-0.4, -0.2) is 10.1 Å². The smallest absolute Gasteiger partial charge is 0.250 e. The van der Waals surface area contributed by atoms with Gasteiger partial charge in [0.05, 0.1) is 5.54 Å². The highest BCUT2D eigenvalue weighted by molar-refractivity contribution is 5.77. The zero-order valence-electron chi connectivity index (χ0n) is 11.0. The maximum atomic E-state index is 6.17. The van der Waals surface area contributed by atoms with Crippen molar-refractivity contribution >= 4 is 11.6 Å². The summed E-state index contributed by atoms with van der Waals surface area (Å²) < 4.78 is 5.26. The fourth-order valence-electron chi connectivity index (χ4n) is 2.25. The standard InChI is InChI=1S/C15H17N3O/c1-11(12-6-3-2-4-7-12)10-13-17-14(18-19-13)15(16)8-5-9-15/h2-4,6-7,10H,5,8-9,16H2,1H3/b11-10-. The molecule has 4 heteroatoms. The van der Waals surface area contributed by atoms with Gasteiger partial charge in [0, 0.05) is 6.08 Å². The van der Waals surface area contributed by atoms with Crippen LogP contribution in [0.15, 0.2) is 34.9 Å². The first-order valence-electron chi connectivity index (χ1n) is 6.54. The summed E-state index contributed by atoms with van der Waals surface area (Å²) in [5.74, 6) is 1.15. The van der Waals surface area contributed by atoms with Crippen LogP contribution >= 0.6 is 0 Å². The van der Waals surface area contributed by atoms with E-state index in [1.54, 1.807) is 0 Å². The van der Waals surface area contributed by atoms with E-state index < -0.39 is 0 Å². The second-order valence-electron chi connectivity index (χ2n) is 5.16. The maximum Gasteiger partial charge on any atom is 0.250 e. The predicted molar refractivity (Wildman–Crippen MR) is 74.0 cm³/mol. The quantitative estimate of drug-likeness (QED) is 0.915. The van der Waals surface area contributed by atoms with Crippen molar-refractivity contribution in [3.05, 3.63) is 47.6 Å². The molecule has 98 valence electrons. The molecule has 0 aliphatic heterocycles. The molecule has 1 fully saturated rings. The van der Waals surface area contributed by atoms with Gasteiger partial charge in [-0.2, -0.15) is 4.98 Å². The Kier molecular flexibility index (Phi) is 2.95. The molecule has 1 aromatic carbocycles. The number of hydrogen-bond acceptors (Lipinski definition) is 4. The Bertz CT molecular complexity index is 597. The number of hydrogen-bond donors (Lipinski definition) is 1. The summed E-state index contributed by atoms with van der Waals surface area (Å²) in [7, 11) is 0. The molecule has 4 nitrogen and oxygen atoms in total. The van der Waals surface area contributed by atoms with Crippen molar-refractivity contribution in [1.82, 2.24) is 10.1 Å². The SMILES string of the molecule is C/C(=C/c1nc(C2(N)CCC2)no1)c1ccccc1. The number of allylic oxidation sites excluding steroid dienone is 1. The topological polar surface area (TPSA) is 64.9 Å². The molecule has 1 heterocycles. The molecule has 2 N–H and O–H groups in total. The molecule has 2 aromatic rings. The zero-order valence-corrected chi connectivity index (χ0v) is 11.0. The summed E-state index contributed by atoms with van der Waals surface area (Å²) in [6.07, 6.45) is 4.91. The first-order valence-corrected chi connectivity index (χ1v) is 6.54. The molecule has 0 bridgehead atoms. The predicted octanol–water partition coefficient (Wildman–Crippen LogP) is 2.97. The van der Waals surface area contributed by atoms with Crippen LogP contribution in [-0.2, 0) is 5.54 Å². The van der Waals surface area contributed by atoms with Crippen molar-refractivity contribution in [2.45, 2.75) is 31.7 Å². The Balaban J connectivity index is 1.84. The lowest BCUT2D eigenvalue weighted by Gasteiger charge is -2.34. The van der Waals surface area contributed by atoms with Gasteiger partial charge in [0.25, 0.3) is 5.89 Å². The summed E-state index contributed by atoms with van der Waals surface area (Å²) in [4.78, 5) is 4.39. The number of nitrogens with two attached hydrogens (primary N) is 1. The molecule has 0 unspecified atom stereocenters. The van der Waals surface area contributed by atoms with Gasteiger partial charge in [-0.1, -0.05) is 35.5 Å². The first kappa shape index (κ1) is 12.1. The Morgan fingerprint density at radius 2 is 2.05 bits per heavy atom. The van der Waals surface area contributed by atoms with E-state index in [-0.39, 0.29) is 5.54 Å². The molecular weight excluding hydrogens is 238 g/mol. The fourth-order valence-corrected chi connectivity index (χ4v) is 2.25. The minimum atomic E-state index is -0.365. The van der Waals surface area contributed by atoms with E-state index in [0.717, 1.165) is 30.4 Å². The van der Waals surface area contributed by atoms with Crippen molar-refractivity contribution in [1.29, 1.82) is 0 Å². The molecule has 0 atom stereocenters. The Labute approximate surface area is 112 Å². The van der Waals surface area contributed by atoms with E-state index in [2.05, 4.69) is 22.3 Å².